The van der Waals surface area contributed by atoms with Gasteiger partial charge in [-0.2, -0.15) is 0 Å². The maximum absolute atomic E-state index is 6.49. The minimum Gasteiger partial charge on any atom is -0.459 e. The smallest absolute Gasteiger partial charge is 0.174 e. The first-order valence-electron chi connectivity index (χ1n) is 12.4. The highest BCUT2D eigenvalue weighted by Crippen LogP contribution is 2.44. The van der Waals surface area contributed by atoms with Crippen molar-refractivity contribution in [2.75, 3.05) is 4.90 Å². The molecule has 3 aromatic carbocycles. The summed E-state index contributed by atoms with van der Waals surface area (Å²) in [5.41, 5.74) is 3.65. The zero-order valence-corrected chi connectivity index (χ0v) is 23.2. The molecular weight excluding hydrogens is 549 g/mol. The third kappa shape index (κ3) is 5.11. The minimum atomic E-state index is -0.303. The lowest BCUT2D eigenvalue weighted by Gasteiger charge is -2.26. The fourth-order valence-electron chi connectivity index (χ4n) is 4.69. The molecule has 0 bridgehead atoms. The Hall–Kier alpha value is -3.84. The van der Waals surface area contributed by atoms with Gasteiger partial charge in [-0.1, -0.05) is 53.0 Å². The summed E-state index contributed by atoms with van der Waals surface area (Å²) >= 11 is 18.6. The third-order valence-corrected chi connectivity index (χ3v) is 7.74. The van der Waals surface area contributed by atoms with Gasteiger partial charge in [-0.05, 0) is 91.9 Å². The molecule has 0 aliphatic carbocycles. The van der Waals surface area contributed by atoms with Crippen molar-refractivity contribution in [3.63, 3.8) is 0 Å². The van der Waals surface area contributed by atoms with E-state index in [1.54, 1.807) is 12.3 Å². The number of furan rings is 1. The first kappa shape index (κ1) is 25.4. The molecule has 0 amide bonds. The van der Waals surface area contributed by atoms with Gasteiger partial charge in [0.15, 0.2) is 5.11 Å². The molecule has 3 heterocycles. The highest BCUT2D eigenvalue weighted by atomic mass is 35.5. The van der Waals surface area contributed by atoms with E-state index in [9.17, 15) is 0 Å². The Kier molecular flexibility index (Phi) is 7.00. The highest BCUT2D eigenvalue weighted by molar-refractivity contribution is 7.80. The Morgan fingerprint density at radius 2 is 1.62 bits per heavy atom. The number of aryl methyl sites for hydroxylation is 1. The van der Waals surface area contributed by atoms with E-state index in [1.165, 1.54) is 5.56 Å². The maximum atomic E-state index is 6.49. The summed E-state index contributed by atoms with van der Waals surface area (Å²) in [6.07, 6.45) is 1.77. The van der Waals surface area contributed by atoms with E-state index in [-0.39, 0.29) is 12.1 Å². The standard InChI is InChI=1S/C31H23Cl2N3O2S/c1-19-8-12-21(13-9-19)37-22-14-10-20(11-15-22)36-30(29(35-31(36)39)25-7-2-3-18-34-25)27-17-16-26(38-27)23-5-4-6-24(32)28(23)33/h2-18,29-30H,1H3,(H,35,39). The normalized spacial score (nSPS) is 16.8. The summed E-state index contributed by atoms with van der Waals surface area (Å²) in [4.78, 5) is 6.66. The molecule has 1 fully saturated rings. The fraction of sp³-hybridized carbons (Fsp3) is 0.0968. The van der Waals surface area contributed by atoms with Crippen LogP contribution in [-0.2, 0) is 0 Å². The highest BCUT2D eigenvalue weighted by Gasteiger charge is 2.42. The molecule has 1 N–H and O–H groups in total. The van der Waals surface area contributed by atoms with Gasteiger partial charge in [-0.3, -0.25) is 4.98 Å². The molecule has 0 saturated carbocycles. The van der Waals surface area contributed by atoms with Gasteiger partial charge in [-0.25, -0.2) is 0 Å². The number of aromatic nitrogens is 1. The van der Waals surface area contributed by atoms with Crippen LogP contribution in [0.3, 0.4) is 0 Å². The second kappa shape index (κ2) is 10.7. The van der Waals surface area contributed by atoms with Gasteiger partial charge in [0.2, 0.25) is 0 Å². The molecular formula is C31H23Cl2N3O2S. The number of nitrogens with zero attached hydrogens (tertiary/aromatic N) is 2. The number of hydrogen-bond donors (Lipinski definition) is 1. The molecule has 1 saturated heterocycles. The van der Waals surface area contributed by atoms with Gasteiger partial charge in [-0.15, -0.1) is 0 Å². The number of thiocarbonyl (C=S) groups is 1. The topological polar surface area (TPSA) is 50.5 Å². The molecule has 1 aliphatic heterocycles. The zero-order valence-electron chi connectivity index (χ0n) is 20.8. The average Bonchev–Trinajstić information content (AvgIpc) is 3.57. The molecule has 194 valence electrons. The van der Waals surface area contributed by atoms with Crippen molar-refractivity contribution in [1.29, 1.82) is 0 Å². The molecule has 1 aliphatic rings. The molecule has 5 nitrogen and oxygen atoms in total. The predicted molar refractivity (Wildman–Crippen MR) is 160 cm³/mol. The van der Waals surface area contributed by atoms with Gasteiger partial charge in [0.25, 0.3) is 0 Å². The fourth-order valence-corrected chi connectivity index (χ4v) is 5.43. The van der Waals surface area contributed by atoms with Crippen LogP contribution < -0.4 is 15.0 Å². The van der Waals surface area contributed by atoms with Crippen LogP contribution in [0.25, 0.3) is 11.3 Å². The van der Waals surface area contributed by atoms with Crippen LogP contribution in [0.1, 0.15) is 29.1 Å². The summed E-state index contributed by atoms with van der Waals surface area (Å²) in [5.74, 6) is 2.85. The summed E-state index contributed by atoms with van der Waals surface area (Å²) in [6, 6.07) is 30.4. The predicted octanol–water partition coefficient (Wildman–Crippen LogP) is 8.93. The number of anilines is 1. The molecule has 2 atom stereocenters. The van der Waals surface area contributed by atoms with E-state index in [0.717, 1.165) is 28.4 Å². The van der Waals surface area contributed by atoms with Gasteiger partial charge in [0, 0.05) is 17.4 Å². The summed E-state index contributed by atoms with van der Waals surface area (Å²) in [7, 11) is 0. The number of halogens is 2. The summed E-state index contributed by atoms with van der Waals surface area (Å²) < 4.78 is 12.5. The van der Waals surface area contributed by atoms with Crippen molar-refractivity contribution < 1.29 is 9.15 Å². The molecule has 0 spiro atoms. The van der Waals surface area contributed by atoms with Gasteiger partial charge < -0.3 is 19.4 Å². The number of rotatable bonds is 6. The van der Waals surface area contributed by atoms with E-state index in [1.807, 2.05) is 103 Å². The lowest BCUT2D eigenvalue weighted by Crippen LogP contribution is -2.29. The summed E-state index contributed by atoms with van der Waals surface area (Å²) in [5, 5.41) is 4.94. The lowest BCUT2D eigenvalue weighted by atomic mass is 10.0. The van der Waals surface area contributed by atoms with E-state index >= 15 is 0 Å². The number of benzene rings is 3. The van der Waals surface area contributed by atoms with Crippen LogP contribution in [0.4, 0.5) is 5.69 Å². The van der Waals surface area contributed by atoms with Gasteiger partial charge in [0.05, 0.1) is 21.8 Å². The Morgan fingerprint density at radius 1 is 0.872 bits per heavy atom. The molecule has 2 unspecified atom stereocenters. The Labute approximate surface area is 242 Å². The lowest BCUT2D eigenvalue weighted by molar-refractivity contribution is 0.439. The van der Waals surface area contributed by atoms with Crippen molar-refractivity contribution in [3.05, 3.63) is 130 Å². The number of hydrogen-bond acceptors (Lipinski definition) is 4. The Bertz CT molecular complexity index is 1620. The second-order valence-corrected chi connectivity index (χ2v) is 10.4. The van der Waals surface area contributed by atoms with Crippen LogP contribution in [0.5, 0.6) is 11.5 Å². The Morgan fingerprint density at radius 3 is 2.33 bits per heavy atom. The number of pyridine rings is 1. The number of ether oxygens (including phenoxy) is 1. The van der Waals surface area contributed by atoms with E-state index in [2.05, 4.69) is 10.3 Å². The molecule has 6 rings (SSSR count). The van der Waals surface area contributed by atoms with E-state index in [0.29, 0.717) is 26.7 Å². The van der Waals surface area contributed by atoms with Crippen LogP contribution in [0.2, 0.25) is 10.0 Å². The van der Waals surface area contributed by atoms with Crippen molar-refractivity contribution in [2.45, 2.75) is 19.0 Å². The average molecular weight is 573 g/mol. The van der Waals surface area contributed by atoms with Crippen LogP contribution in [0, 0.1) is 6.92 Å². The maximum Gasteiger partial charge on any atom is 0.174 e. The quantitative estimate of drug-likeness (QED) is 0.205. The van der Waals surface area contributed by atoms with Crippen molar-refractivity contribution in [3.8, 4) is 22.8 Å². The molecule has 2 aromatic heterocycles. The van der Waals surface area contributed by atoms with Crippen LogP contribution in [0.15, 0.2) is 108 Å². The minimum absolute atomic E-state index is 0.240. The van der Waals surface area contributed by atoms with Crippen molar-refractivity contribution >= 4 is 46.2 Å². The van der Waals surface area contributed by atoms with E-state index < -0.39 is 0 Å². The zero-order chi connectivity index (χ0) is 26.9. The van der Waals surface area contributed by atoms with Crippen molar-refractivity contribution in [1.82, 2.24) is 10.3 Å². The molecule has 5 aromatic rings. The van der Waals surface area contributed by atoms with Gasteiger partial charge >= 0.3 is 0 Å². The van der Waals surface area contributed by atoms with Crippen molar-refractivity contribution in [2.24, 2.45) is 0 Å². The monoisotopic (exact) mass is 571 g/mol. The largest absolute Gasteiger partial charge is 0.459 e. The third-order valence-electron chi connectivity index (χ3n) is 6.61. The summed E-state index contributed by atoms with van der Waals surface area (Å²) in [6.45, 7) is 2.05. The van der Waals surface area contributed by atoms with Crippen LogP contribution in [-0.4, -0.2) is 10.1 Å². The first-order chi connectivity index (χ1) is 19.0. The van der Waals surface area contributed by atoms with Crippen LogP contribution >= 0.6 is 35.4 Å². The van der Waals surface area contributed by atoms with Gasteiger partial charge in [0.1, 0.15) is 29.1 Å². The first-order valence-corrected chi connectivity index (χ1v) is 13.5. The van der Waals surface area contributed by atoms with E-state index in [4.69, 9.17) is 44.6 Å². The molecule has 0 radical (unpaired) electrons. The SMILES string of the molecule is Cc1ccc(Oc2ccc(N3C(=S)NC(c4ccccn4)C3c3ccc(-c4cccc(Cl)c4Cl)o3)cc2)cc1. The second-order valence-electron chi connectivity index (χ2n) is 9.21. The molecule has 39 heavy (non-hydrogen) atoms. The number of nitrogens with one attached hydrogen (secondary N) is 1. The molecule has 8 heteroatoms. The Balaban J connectivity index is 1.36.